The smallest absolute Gasteiger partial charge is 0.319 e. The minimum atomic E-state index is -0.178. The van der Waals surface area contributed by atoms with Crippen LogP contribution >= 0.6 is 11.8 Å². The van der Waals surface area contributed by atoms with E-state index < -0.39 is 0 Å². The lowest BCUT2D eigenvalue weighted by molar-refractivity contribution is 0.112. The molecular formula is C13H18N2O2S. The predicted octanol–water partition coefficient (Wildman–Crippen LogP) is 2.71. The minimum Gasteiger partial charge on any atom is -0.376 e. The summed E-state index contributed by atoms with van der Waals surface area (Å²) in [6.07, 6.45) is 4.32. The highest BCUT2D eigenvalue weighted by atomic mass is 32.2. The summed E-state index contributed by atoms with van der Waals surface area (Å²) in [6.45, 7) is 1.39. The van der Waals surface area contributed by atoms with Gasteiger partial charge in [0.1, 0.15) is 0 Å². The molecule has 1 aromatic rings. The Morgan fingerprint density at radius 1 is 1.44 bits per heavy atom. The molecule has 5 heteroatoms. The van der Waals surface area contributed by atoms with Crippen molar-refractivity contribution in [3.8, 4) is 0 Å². The van der Waals surface area contributed by atoms with Gasteiger partial charge in [0, 0.05) is 23.7 Å². The van der Waals surface area contributed by atoms with E-state index in [1.165, 1.54) is 4.90 Å². The first-order valence-electron chi connectivity index (χ1n) is 6.08. The summed E-state index contributed by atoms with van der Waals surface area (Å²) in [6, 6.07) is 7.60. The van der Waals surface area contributed by atoms with Gasteiger partial charge in [-0.05, 0) is 43.4 Å². The molecule has 0 radical (unpaired) electrons. The van der Waals surface area contributed by atoms with Gasteiger partial charge < -0.3 is 15.4 Å². The van der Waals surface area contributed by atoms with E-state index in [0.717, 1.165) is 25.1 Å². The van der Waals surface area contributed by atoms with Crippen molar-refractivity contribution in [1.29, 1.82) is 0 Å². The summed E-state index contributed by atoms with van der Waals surface area (Å²) in [5, 5.41) is 5.62. The molecule has 0 saturated carbocycles. The zero-order valence-corrected chi connectivity index (χ0v) is 11.3. The van der Waals surface area contributed by atoms with Crippen LogP contribution in [0.4, 0.5) is 10.5 Å². The Hall–Kier alpha value is -1.20. The van der Waals surface area contributed by atoms with Gasteiger partial charge in [0.05, 0.1) is 6.10 Å². The van der Waals surface area contributed by atoms with E-state index in [9.17, 15) is 4.79 Å². The third-order valence-corrected chi connectivity index (χ3v) is 3.61. The molecule has 0 aromatic heterocycles. The number of hydrogen-bond donors (Lipinski definition) is 2. The maximum absolute atomic E-state index is 11.6. The normalized spacial score (nSPS) is 18.6. The number of urea groups is 1. The van der Waals surface area contributed by atoms with E-state index >= 15 is 0 Å². The molecule has 1 aromatic carbocycles. The van der Waals surface area contributed by atoms with Crippen molar-refractivity contribution in [2.75, 3.05) is 24.7 Å². The summed E-state index contributed by atoms with van der Waals surface area (Å²) in [5.74, 6) is 0. The molecule has 1 atom stereocenters. The van der Waals surface area contributed by atoms with E-state index in [4.69, 9.17) is 4.74 Å². The number of hydrogen-bond acceptors (Lipinski definition) is 3. The second-order valence-corrected chi connectivity index (χ2v) is 5.08. The molecule has 2 rings (SSSR count). The van der Waals surface area contributed by atoms with Gasteiger partial charge in [-0.3, -0.25) is 0 Å². The Morgan fingerprint density at radius 2 is 2.22 bits per heavy atom. The largest absolute Gasteiger partial charge is 0.376 e. The molecule has 0 spiro atoms. The topological polar surface area (TPSA) is 50.4 Å². The molecule has 1 heterocycles. The Kier molecular flexibility index (Phi) is 4.90. The quantitative estimate of drug-likeness (QED) is 0.824. The molecule has 2 N–H and O–H groups in total. The fraction of sp³-hybridized carbons (Fsp3) is 0.462. The number of carbonyl (C=O) groups excluding carboxylic acids is 1. The van der Waals surface area contributed by atoms with Crippen molar-refractivity contribution in [3.05, 3.63) is 24.3 Å². The van der Waals surface area contributed by atoms with Crippen molar-refractivity contribution < 1.29 is 9.53 Å². The average Bonchev–Trinajstić information content (AvgIpc) is 2.90. The summed E-state index contributed by atoms with van der Waals surface area (Å²) in [7, 11) is 0. The molecule has 18 heavy (non-hydrogen) atoms. The van der Waals surface area contributed by atoms with E-state index in [0.29, 0.717) is 6.54 Å². The molecule has 1 fully saturated rings. The molecule has 1 aliphatic heterocycles. The minimum absolute atomic E-state index is 0.176. The van der Waals surface area contributed by atoms with Crippen LogP contribution in [0.2, 0.25) is 0 Å². The van der Waals surface area contributed by atoms with Crippen LogP contribution in [0, 0.1) is 0 Å². The zero-order chi connectivity index (χ0) is 12.8. The third-order valence-electron chi connectivity index (χ3n) is 2.86. The maximum Gasteiger partial charge on any atom is 0.319 e. The molecule has 1 aliphatic rings. The summed E-state index contributed by atoms with van der Waals surface area (Å²) in [5.41, 5.74) is 0.803. The zero-order valence-electron chi connectivity index (χ0n) is 10.4. The molecule has 4 nitrogen and oxygen atoms in total. The highest BCUT2D eigenvalue weighted by Gasteiger charge is 2.15. The van der Waals surface area contributed by atoms with Crippen LogP contribution in [0.3, 0.4) is 0 Å². The van der Waals surface area contributed by atoms with Gasteiger partial charge in [-0.2, -0.15) is 0 Å². The van der Waals surface area contributed by atoms with Crippen molar-refractivity contribution in [3.63, 3.8) is 0 Å². The lowest BCUT2D eigenvalue weighted by Crippen LogP contribution is -2.34. The van der Waals surface area contributed by atoms with Crippen LogP contribution < -0.4 is 10.6 Å². The van der Waals surface area contributed by atoms with E-state index in [1.54, 1.807) is 11.8 Å². The number of ether oxygens (including phenoxy) is 1. The Labute approximate surface area is 111 Å². The second-order valence-electron chi connectivity index (χ2n) is 4.20. The SMILES string of the molecule is CSc1ccc(NC(=O)NCC2CCCO2)cc1. The van der Waals surface area contributed by atoms with Crippen LogP contribution in [0.15, 0.2) is 29.2 Å². The predicted molar refractivity (Wildman–Crippen MR) is 74.2 cm³/mol. The van der Waals surface area contributed by atoms with Crippen LogP contribution in [-0.2, 0) is 4.74 Å². The Bertz CT molecular complexity index is 388. The first-order chi connectivity index (χ1) is 8.78. The van der Waals surface area contributed by atoms with Gasteiger partial charge >= 0.3 is 6.03 Å². The number of benzene rings is 1. The maximum atomic E-state index is 11.6. The summed E-state index contributed by atoms with van der Waals surface area (Å²) < 4.78 is 5.44. The fourth-order valence-corrected chi connectivity index (χ4v) is 2.27. The molecule has 1 saturated heterocycles. The van der Waals surface area contributed by atoms with Crippen molar-refractivity contribution in [2.45, 2.75) is 23.8 Å². The molecular weight excluding hydrogens is 248 g/mol. The van der Waals surface area contributed by atoms with E-state index in [1.807, 2.05) is 30.5 Å². The molecule has 2 amide bonds. The molecule has 98 valence electrons. The van der Waals surface area contributed by atoms with Gasteiger partial charge in [0.15, 0.2) is 0 Å². The van der Waals surface area contributed by atoms with Gasteiger partial charge in [-0.1, -0.05) is 0 Å². The number of rotatable bonds is 4. The molecule has 0 aliphatic carbocycles. The van der Waals surface area contributed by atoms with Crippen LogP contribution in [-0.4, -0.2) is 31.5 Å². The van der Waals surface area contributed by atoms with Crippen molar-refractivity contribution in [1.82, 2.24) is 5.32 Å². The van der Waals surface area contributed by atoms with Crippen LogP contribution in [0.5, 0.6) is 0 Å². The Morgan fingerprint density at radius 3 is 2.83 bits per heavy atom. The van der Waals surface area contributed by atoms with Gasteiger partial charge in [-0.25, -0.2) is 4.79 Å². The number of nitrogens with one attached hydrogen (secondary N) is 2. The first kappa shape index (κ1) is 13.2. The number of thioether (sulfide) groups is 1. The molecule has 0 bridgehead atoms. The highest BCUT2D eigenvalue weighted by Crippen LogP contribution is 2.17. The fourth-order valence-electron chi connectivity index (χ4n) is 1.86. The lowest BCUT2D eigenvalue weighted by atomic mass is 10.2. The average molecular weight is 266 g/mol. The summed E-state index contributed by atoms with van der Waals surface area (Å²) >= 11 is 1.68. The summed E-state index contributed by atoms with van der Waals surface area (Å²) in [4.78, 5) is 12.8. The van der Waals surface area contributed by atoms with Crippen LogP contribution in [0.1, 0.15) is 12.8 Å². The van der Waals surface area contributed by atoms with Crippen LogP contribution in [0.25, 0.3) is 0 Å². The number of amides is 2. The van der Waals surface area contributed by atoms with Crippen molar-refractivity contribution >= 4 is 23.5 Å². The third kappa shape index (κ3) is 3.92. The lowest BCUT2D eigenvalue weighted by Gasteiger charge is -2.11. The highest BCUT2D eigenvalue weighted by molar-refractivity contribution is 7.98. The monoisotopic (exact) mass is 266 g/mol. The Balaban J connectivity index is 1.75. The first-order valence-corrected chi connectivity index (χ1v) is 7.31. The van der Waals surface area contributed by atoms with Gasteiger partial charge in [0.25, 0.3) is 0 Å². The number of anilines is 1. The standard InChI is InChI=1S/C13H18N2O2S/c1-18-12-6-4-10(5-7-12)15-13(16)14-9-11-3-2-8-17-11/h4-7,11H,2-3,8-9H2,1H3,(H2,14,15,16). The van der Waals surface area contributed by atoms with Gasteiger partial charge in [-0.15, -0.1) is 11.8 Å². The van der Waals surface area contributed by atoms with E-state index in [2.05, 4.69) is 10.6 Å². The van der Waals surface area contributed by atoms with Gasteiger partial charge in [0.2, 0.25) is 0 Å². The molecule has 1 unspecified atom stereocenters. The second kappa shape index (κ2) is 6.66. The van der Waals surface area contributed by atoms with E-state index in [-0.39, 0.29) is 12.1 Å². The number of carbonyl (C=O) groups is 1. The van der Waals surface area contributed by atoms with Crippen molar-refractivity contribution in [2.24, 2.45) is 0 Å².